The monoisotopic (exact) mass is 313 g/mol. The summed E-state index contributed by atoms with van der Waals surface area (Å²) in [4.78, 5) is 5.92. The maximum Gasteiger partial charge on any atom is 0.0692 e. The van der Waals surface area contributed by atoms with Crippen molar-refractivity contribution in [3.05, 3.63) is 30.0 Å². The lowest BCUT2D eigenvalue weighted by atomic mass is 9.96. The number of para-hydroxylation sites is 1. The molecule has 0 unspecified atom stereocenters. The van der Waals surface area contributed by atoms with Gasteiger partial charge in [0, 0.05) is 25.2 Å². The van der Waals surface area contributed by atoms with Crippen LogP contribution in [-0.4, -0.2) is 30.5 Å². The molecule has 1 saturated carbocycles. The van der Waals surface area contributed by atoms with Crippen LogP contribution in [0.15, 0.2) is 24.4 Å². The lowest BCUT2D eigenvalue weighted by molar-refractivity contribution is 0.283. The fourth-order valence-corrected chi connectivity index (χ4v) is 3.98. The highest BCUT2D eigenvalue weighted by atomic mass is 15.1. The third kappa shape index (κ3) is 4.08. The molecule has 1 aliphatic carbocycles. The number of aromatic amines is 1. The first kappa shape index (κ1) is 16.4. The van der Waals surface area contributed by atoms with Crippen LogP contribution in [0.4, 0.5) is 5.69 Å². The van der Waals surface area contributed by atoms with Gasteiger partial charge in [-0.1, -0.05) is 50.7 Å². The van der Waals surface area contributed by atoms with E-state index in [4.69, 9.17) is 0 Å². The van der Waals surface area contributed by atoms with Crippen LogP contribution in [-0.2, 0) is 6.54 Å². The van der Waals surface area contributed by atoms with Gasteiger partial charge in [0.15, 0.2) is 0 Å². The van der Waals surface area contributed by atoms with E-state index in [1.807, 2.05) is 7.05 Å². The van der Waals surface area contributed by atoms with Gasteiger partial charge < -0.3 is 15.2 Å². The minimum atomic E-state index is 0.957. The number of anilines is 1. The smallest absolute Gasteiger partial charge is 0.0692 e. The van der Waals surface area contributed by atoms with Crippen LogP contribution in [0.25, 0.3) is 10.9 Å². The average Bonchev–Trinajstić information content (AvgIpc) is 2.81. The van der Waals surface area contributed by atoms with Gasteiger partial charge >= 0.3 is 0 Å². The van der Waals surface area contributed by atoms with Gasteiger partial charge in [-0.25, -0.2) is 0 Å². The maximum atomic E-state index is 3.44. The van der Waals surface area contributed by atoms with Crippen LogP contribution in [0.2, 0.25) is 0 Å². The van der Waals surface area contributed by atoms with Crippen molar-refractivity contribution in [1.82, 2.24) is 9.88 Å². The molecule has 1 heterocycles. The summed E-state index contributed by atoms with van der Waals surface area (Å²) in [7, 11) is 4.24. The van der Waals surface area contributed by atoms with E-state index in [0.717, 1.165) is 12.5 Å². The third-order valence-corrected chi connectivity index (χ3v) is 5.40. The summed E-state index contributed by atoms with van der Waals surface area (Å²) >= 11 is 0. The Morgan fingerprint density at radius 3 is 2.70 bits per heavy atom. The Balaban J connectivity index is 1.58. The molecule has 0 bridgehead atoms. The zero-order chi connectivity index (χ0) is 16.1. The normalized spacial score (nSPS) is 16.8. The predicted octanol–water partition coefficient (Wildman–Crippen LogP) is 5.00. The van der Waals surface area contributed by atoms with Crippen molar-refractivity contribution in [2.75, 3.05) is 26.0 Å². The van der Waals surface area contributed by atoms with Gasteiger partial charge in [-0.3, -0.25) is 0 Å². The number of nitrogens with zero attached hydrogens (tertiary/aromatic N) is 1. The van der Waals surface area contributed by atoms with Crippen molar-refractivity contribution in [1.29, 1.82) is 0 Å². The van der Waals surface area contributed by atoms with Gasteiger partial charge in [0.2, 0.25) is 0 Å². The van der Waals surface area contributed by atoms with Crippen LogP contribution < -0.4 is 5.32 Å². The van der Waals surface area contributed by atoms with Gasteiger partial charge in [0.25, 0.3) is 0 Å². The van der Waals surface area contributed by atoms with Crippen molar-refractivity contribution in [2.24, 2.45) is 5.92 Å². The van der Waals surface area contributed by atoms with Crippen LogP contribution in [0.3, 0.4) is 0 Å². The summed E-state index contributed by atoms with van der Waals surface area (Å²) in [5.41, 5.74) is 3.80. The van der Waals surface area contributed by atoms with E-state index in [2.05, 4.69) is 46.6 Å². The second-order valence-corrected chi connectivity index (χ2v) is 7.18. The van der Waals surface area contributed by atoms with Crippen molar-refractivity contribution >= 4 is 16.6 Å². The molecule has 0 spiro atoms. The molecule has 23 heavy (non-hydrogen) atoms. The first-order chi connectivity index (χ1) is 11.3. The van der Waals surface area contributed by atoms with E-state index >= 15 is 0 Å². The second-order valence-electron chi connectivity index (χ2n) is 7.18. The summed E-state index contributed by atoms with van der Waals surface area (Å²) in [6, 6.07) is 6.48. The molecule has 1 aliphatic rings. The Labute approximate surface area is 140 Å². The Morgan fingerprint density at radius 1 is 1.17 bits per heavy atom. The van der Waals surface area contributed by atoms with E-state index in [9.17, 15) is 0 Å². The lowest BCUT2D eigenvalue weighted by Crippen LogP contribution is -2.21. The summed E-state index contributed by atoms with van der Waals surface area (Å²) in [5, 5.41) is 4.61. The summed E-state index contributed by atoms with van der Waals surface area (Å²) < 4.78 is 0. The number of hydrogen-bond donors (Lipinski definition) is 2. The SMILES string of the molecule is CNc1cccc2c(CN(C)CCC3CCCCCC3)c[nH]c12. The maximum absolute atomic E-state index is 3.44. The highest BCUT2D eigenvalue weighted by Crippen LogP contribution is 2.27. The van der Waals surface area contributed by atoms with Crippen LogP contribution in [0.1, 0.15) is 50.5 Å². The lowest BCUT2D eigenvalue weighted by Gasteiger charge is -2.20. The molecule has 1 aromatic heterocycles. The van der Waals surface area contributed by atoms with Crippen LogP contribution in [0, 0.1) is 5.92 Å². The molecule has 1 aromatic carbocycles. The number of aromatic nitrogens is 1. The third-order valence-electron chi connectivity index (χ3n) is 5.40. The largest absolute Gasteiger partial charge is 0.386 e. The Kier molecular flexibility index (Phi) is 5.60. The number of nitrogens with one attached hydrogen (secondary N) is 2. The molecule has 3 nitrogen and oxygen atoms in total. The van der Waals surface area contributed by atoms with Gasteiger partial charge in [-0.05, 0) is 37.6 Å². The van der Waals surface area contributed by atoms with Crippen molar-refractivity contribution < 1.29 is 0 Å². The fourth-order valence-electron chi connectivity index (χ4n) is 3.98. The zero-order valence-corrected chi connectivity index (χ0v) is 14.7. The van der Waals surface area contributed by atoms with E-state index < -0.39 is 0 Å². The van der Waals surface area contributed by atoms with Crippen LogP contribution in [0.5, 0.6) is 0 Å². The number of rotatable bonds is 6. The highest BCUT2D eigenvalue weighted by Gasteiger charge is 2.14. The number of H-pyrrole nitrogens is 1. The molecule has 0 radical (unpaired) electrons. The molecule has 1 fully saturated rings. The predicted molar refractivity (Wildman–Crippen MR) is 100.0 cm³/mol. The van der Waals surface area contributed by atoms with Crippen molar-refractivity contribution in [2.45, 2.75) is 51.5 Å². The van der Waals surface area contributed by atoms with E-state index in [-0.39, 0.29) is 0 Å². The first-order valence-corrected chi connectivity index (χ1v) is 9.23. The van der Waals surface area contributed by atoms with Gasteiger partial charge in [0.05, 0.1) is 11.2 Å². The molecule has 2 N–H and O–H groups in total. The minimum absolute atomic E-state index is 0.957. The van der Waals surface area contributed by atoms with Gasteiger partial charge in [-0.15, -0.1) is 0 Å². The minimum Gasteiger partial charge on any atom is -0.386 e. The summed E-state index contributed by atoms with van der Waals surface area (Å²) in [5.74, 6) is 0.957. The van der Waals surface area contributed by atoms with E-state index in [1.165, 1.54) is 73.6 Å². The molecule has 3 rings (SSSR count). The quantitative estimate of drug-likeness (QED) is 0.735. The van der Waals surface area contributed by atoms with E-state index in [0.29, 0.717) is 0 Å². The standard InChI is InChI=1S/C20H31N3/c1-21-19-11-7-10-18-17(14-22-20(18)19)15-23(2)13-12-16-8-5-3-4-6-9-16/h7,10-11,14,16,21-22H,3-6,8-9,12-13,15H2,1-2H3. The Hall–Kier alpha value is -1.48. The second kappa shape index (κ2) is 7.87. The fraction of sp³-hybridized carbons (Fsp3) is 0.600. The first-order valence-electron chi connectivity index (χ1n) is 9.23. The molecule has 0 aliphatic heterocycles. The van der Waals surface area contributed by atoms with Crippen molar-refractivity contribution in [3.8, 4) is 0 Å². The average molecular weight is 313 g/mol. The van der Waals surface area contributed by atoms with Crippen molar-refractivity contribution in [3.63, 3.8) is 0 Å². The summed E-state index contributed by atoms with van der Waals surface area (Å²) in [6.45, 7) is 2.24. The molecule has 0 amide bonds. The zero-order valence-electron chi connectivity index (χ0n) is 14.7. The molecular weight excluding hydrogens is 282 g/mol. The summed E-state index contributed by atoms with van der Waals surface area (Å²) in [6.07, 6.45) is 12.2. The highest BCUT2D eigenvalue weighted by molar-refractivity contribution is 5.93. The molecule has 2 aromatic rings. The number of benzene rings is 1. The molecular formula is C20H31N3. The topological polar surface area (TPSA) is 31.1 Å². The van der Waals surface area contributed by atoms with E-state index in [1.54, 1.807) is 0 Å². The van der Waals surface area contributed by atoms with Crippen LogP contribution >= 0.6 is 0 Å². The van der Waals surface area contributed by atoms with Gasteiger partial charge in [-0.2, -0.15) is 0 Å². The number of hydrogen-bond acceptors (Lipinski definition) is 2. The Bertz CT molecular complexity index is 608. The molecule has 0 atom stereocenters. The molecule has 0 saturated heterocycles. The molecule has 126 valence electrons. The Morgan fingerprint density at radius 2 is 1.96 bits per heavy atom. The number of fused-ring (bicyclic) bond motifs is 1. The molecule has 3 heteroatoms. The van der Waals surface area contributed by atoms with Gasteiger partial charge in [0.1, 0.15) is 0 Å².